The Bertz CT molecular complexity index is 1080. The molecule has 9 heteroatoms. The van der Waals surface area contributed by atoms with E-state index in [0.29, 0.717) is 6.42 Å². The zero-order valence-electron chi connectivity index (χ0n) is 17.9. The van der Waals surface area contributed by atoms with Crippen molar-refractivity contribution in [1.29, 1.82) is 0 Å². The van der Waals surface area contributed by atoms with Gasteiger partial charge in [0.25, 0.3) is 5.91 Å². The third kappa shape index (κ3) is 3.50. The maximum atomic E-state index is 13.5. The predicted octanol–water partition coefficient (Wildman–Crippen LogP) is 3.18. The maximum absolute atomic E-state index is 13.5. The highest BCUT2D eigenvalue weighted by molar-refractivity contribution is 6.06. The third-order valence-corrected chi connectivity index (χ3v) is 5.90. The van der Waals surface area contributed by atoms with Gasteiger partial charge < -0.3 is 29.3 Å². The van der Waals surface area contributed by atoms with Gasteiger partial charge in [0.2, 0.25) is 0 Å². The minimum atomic E-state index is -1.29. The van der Waals surface area contributed by atoms with Crippen molar-refractivity contribution in [3.05, 3.63) is 53.6 Å². The Morgan fingerprint density at radius 3 is 2.41 bits per heavy atom. The summed E-state index contributed by atoms with van der Waals surface area (Å²) in [4.78, 5) is 28.3. The molecule has 0 fully saturated rings. The largest absolute Gasteiger partial charge is 0.504 e. The number of carbonyl (C=O) groups is 2. The number of anilines is 1. The summed E-state index contributed by atoms with van der Waals surface area (Å²) < 4.78 is 16.0. The number of carboxylic acid groups (broad SMARTS) is 1. The van der Waals surface area contributed by atoms with Crippen LogP contribution in [0.2, 0.25) is 0 Å². The van der Waals surface area contributed by atoms with Crippen LogP contribution in [0.1, 0.15) is 22.3 Å². The van der Waals surface area contributed by atoms with Gasteiger partial charge in [-0.25, -0.2) is 9.69 Å². The smallest absolute Gasteiger partial charge is 0.414 e. The number of hydrogen-bond acceptors (Lipinski definition) is 6. The Hall–Kier alpha value is -3.72. The van der Waals surface area contributed by atoms with Crippen LogP contribution in [0.5, 0.6) is 17.2 Å². The summed E-state index contributed by atoms with van der Waals surface area (Å²) in [6, 6.07) is 9.56. The van der Waals surface area contributed by atoms with Crippen molar-refractivity contribution in [3.63, 3.8) is 0 Å². The van der Waals surface area contributed by atoms with E-state index in [1.54, 1.807) is 12.0 Å². The molecule has 168 valence electrons. The molecule has 32 heavy (non-hydrogen) atoms. The van der Waals surface area contributed by atoms with Crippen molar-refractivity contribution in [2.45, 2.75) is 18.7 Å². The lowest BCUT2D eigenvalue weighted by Gasteiger charge is -2.39. The zero-order chi connectivity index (χ0) is 23.0. The highest BCUT2D eigenvalue weighted by atomic mass is 16.5. The fraction of sp³-hybridized carbons (Fsp3) is 0.304. The summed E-state index contributed by atoms with van der Waals surface area (Å²) in [6.45, 7) is 0.279. The number of aromatic hydroxyl groups is 1. The van der Waals surface area contributed by atoms with Gasteiger partial charge in [-0.05, 0) is 35.8 Å². The molecule has 0 saturated carbocycles. The average Bonchev–Trinajstić information content (AvgIpc) is 2.90. The molecule has 2 heterocycles. The first-order valence-corrected chi connectivity index (χ1v) is 10.00. The number of phenols is 1. The van der Waals surface area contributed by atoms with Crippen molar-refractivity contribution in [2.75, 3.05) is 32.8 Å². The van der Waals surface area contributed by atoms with Crippen molar-refractivity contribution in [1.82, 2.24) is 4.90 Å². The summed E-state index contributed by atoms with van der Waals surface area (Å²) in [6.07, 6.45) is 0.0685. The molecule has 2 atom stereocenters. The first kappa shape index (κ1) is 21.5. The maximum Gasteiger partial charge on any atom is 0.414 e. The first-order valence-electron chi connectivity index (χ1n) is 10.00. The number of methoxy groups -OCH3 is 3. The summed E-state index contributed by atoms with van der Waals surface area (Å²) >= 11 is 0. The molecular weight excluding hydrogens is 416 g/mol. The molecule has 0 aromatic heterocycles. The minimum Gasteiger partial charge on any atom is -0.504 e. The van der Waals surface area contributed by atoms with Gasteiger partial charge in [-0.15, -0.1) is 0 Å². The molecule has 2 aliphatic heterocycles. The Kier molecular flexibility index (Phi) is 5.67. The summed E-state index contributed by atoms with van der Waals surface area (Å²) in [5.74, 6) is 0.185. The molecule has 2 amide bonds. The van der Waals surface area contributed by atoms with Gasteiger partial charge in [0.05, 0.1) is 31.5 Å². The van der Waals surface area contributed by atoms with Crippen molar-refractivity contribution < 1.29 is 34.0 Å². The molecule has 0 saturated heterocycles. The third-order valence-electron chi connectivity index (χ3n) is 5.90. The summed E-state index contributed by atoms with van der Waals surface area (Å²) in [5, 5.41) is 20.3. The fourth-order valence-electron chi connectivity index (χ4n) is 4.32. The second-order valence-electron chi connectivity index (χ2n) is 7.51. The van der Waals surface area contributed by atoms with Crippen molar-refractivity contribution >= 4 is 23.3 Å². The topological polar surface area (TPSA) is 109 Å². The number of nitrogens with zero attached hydrogens (tertiary/aromatic N) is 2. The average molecular weight is 440 g/mol. The number of ether oxygens (including phenoxy) is 3. The molecule has 0 radical (unpaired) electrons. The minimum absolute atomic E-state index is 0.0491. The van der Waals surface area contributed by atoms with Gasteiger partial charge in [0.1, 0.15) is 5.75 Å². The number of phenolic OH excluding ortho intramolecular Hbond substituents is 1. The van der Waals surface area contributed by atoms with E-state index < -0.39 is 18.4 Å². The van der Waals surface area contributed by atoms with Gasteiger partial charge >= 0.3 is 6.09 Å². The van der Waals surface area contributed by atoms with E-state index in [-0.39, 0.29) is 35.2 Å². The van der Waals surface area contributed by atoms with Gasteiger partial charge in [0.15, 0.2) is 17.7 Å². The standard InChI is InChI=1S/C23H24N2O7/c1-30-15-6-4-13(5-7-15)14-8-9-24-18(10-14)22(32-3)25(23(28)29)17-12-19(26)20(31-2)11-16(17)21(24)27/h4-8,11-12,18,22,26H,9-10H2,1-3H3,(H,28,29)/t18-,22?/m0/s1. The van der Waals surface area contributed by atoms with Crippen LogP contribution < -0.4 is 14.4 Å². The molecule has 0 spiro atoms. The Labute approximate surface area is 185 Å². The molecule has 2 aliphatic rings. The lowest BCUT2D eigenvalue weighted by molar-refractivity contribution is 0.0191. The number of carbonyl (C=O) groups excluding carboxylic acids is 1. The van der Waals surface area contributed by atoms with Crippen LogP contribution in [0.15, 0.2) is 42.5 Å². The Balaban J connectivity index is 1.80. The van der Waals surface area contributed by atoms with Gasteiger partial charge in [-0.2, -0.15) is 0 Å². The molecule has 0 aliphatic carbocycles. The van der Waals surface area contributed by atoms with Gasteiger partial charge in [-0.1, -0.05) is 18.2 Å². The van der Waals surface area contributed by atoms with Crippen LogP contribution in [-0.2, 0) is 4.74 Å². The number of benzene rings is 2. The number of fused-ring (bicyclic) bond motifs is 2. The van der Waals surface area contributed by atoms with E-state index in [9.17, 15) is 19.8 Å². The molecule has 2 N–H and O–H groups in total. The van der Waals surface area contributed by atoms with E-state index in [0.717, 1.165) is 21.8 Å². The number of rotatable bonds is 4. The van der Waals surface area contributed by atoms with E-state index in [2.05, 4.69) is 0 Å². The lowest BCUT2D eigenvalue weighted by atomic mass is 9.92. The molecule has 2 aromatic rings. The number of hydrogen-bond donors (Lipinski definition) is 2. The van der Waals surface area contributed by atoms with Gasteiger partial charge in [-0.3, -0.25) is 4.79 Å². The summed E-state index contributed by atoms with van der Waals surface area (Å²) in [5.41, 5.74) is 2.09. The van der Waals surface area contributed by atoms with Crippen LogP contribution >= 0.6 is 0 Å². The Morgan fingerprint density at radius 2 is 1.81 bits per heavy atom. The fourth-order valence-corrected chi connectivity index (χ4v) is 4.32. The van der Waals surface area contributed by atoms with Crippen LogP contribution in [0.3, 0.4) is 0 Å². The van der Waals surface area contributed by atoms with E-state index in [4.69, 9.17) is 14.2 Å². The van der Waals surface area contributed by atoms with E-state index in [1.807, 2.05) is 30.3 Å². The van der Waals surface area contributed by atoms with E-state index >= 15 is 0 Å². The first-order chi connectivity index (χ1) is 15.4. The van der Waals surface area contributed by atoms with Gasteiger partial charge in [0, 0.05) is 19.7 Å². The highest BCUT2D eigenvalue weighted by Gasteiger charge is 2.45. The quantitative estimate of drug-likeness (QED) is 0.752. The van der Waals surface area contributed by atoms with Crippen LogP contribution in [0.25, 0.3) is 5.57 Å². The zero-order valence-corrected chi connectivity index (χ0v) is 17.9. The van der Waals surface area contributed by atoms with Crippen LogP contribution in [0.4, 0.5) is 10.5 Å². The normalized spacial score (nSPS) is 20.1. The van der Waals surface area contributed by atoms with Crippen molar-refractivity contribution in [3.8, 4) is 17.2 Å². The molecular formula is C23H24N2O7. The van der Waals surface area contributed by atoms with E-state index in [1.165, 1.54) is 26.4 Å². The SMILES string of the molecule is COc1ccc(C2=CCN3C(=O)c4cc(OC)c(O)cc4N(C(=O)O)C(OC)[C@@H]3C2)cc1. The van der Waals surface area contributed by atoms with Crippen molar-refractivity contribution in [2.24, 2.45) is 0 Å². The molecule has 2 aromatic carbocycles. The second-order valence-corrected chi connectivity index (χ2v) is 7.51. The molecule has 4 rings (SSSR count). The monoisotopic (exact) mass is 440 g/mol. The Morgan fingerprint density at radius 1 is 1.09 bits per heavy atom. The van der Waals surface area contributed by atoms with Crippen LogP contribution in [0, 0.1) is 0 Å². The second kappa shape index (κ2) is 8.43. The number of amides is 2. The summed E-state index contributed by atoms with van der Waals surface area (Å²) in [7, 11) is 4.37. The lowest BCUT2D eigenvalue weighted by Crippen LogP contribution is -2.55. The highest BCUT2D eigenvalue weighted by Crippen LogP contribution is 2.41. The molecule has 9 nitrogen and oxygen atoms in total. The van der Waals surface area contributed by atoms with Crippen LogP contribution in [-0.4, -0.2) is 67.3 Å². The molecule has 1 unspecified atom stereocenters. The predicted molar refractivity (Wildman–Crippen MR) is 116 cm³/mol. The molecule has 0 bridgehead atoms.